The van der Waals surface area contributed by atoms with Crippen molar-refractivity contribution in [3.8, 4) is 5.75 Å². The quantitative estimate of drug-likeness (QED) is 0.566. The Morgan fingerprint density at radius 2 is 1.77 bits per heavy atom. The summed E-state index contributed by atoms with van der Waals surface area (Å²) < 4.78 is 31.7. The van der Waals surface area contributed by atoms with Crippen LogP contribution in [0.3, 0.4) is 0 Å². The number of hydrogen-bond acceptors (Lipinski definition) is 6. The van der Waals surface area contributed by atoms with Crippen LogP contribution in [0, 0.1) is 0 Å². The van der Waals surface area contributed by atoms with Gasteiger partial charge in [-0.1, -0.05) is 24.3 Å². The fourth-order valence-corrected chi connectivity index (χ4v) is 4.44. The number of aliphatic hydroxyl groups excluding tert-OH is 1. The minimum absolute atomic E-state index is 0.0836. The number of piperidine rings is 1. The summed E-state index contributed by atoms with van der Waals surface area (Å²) in [5.41, 5.74) is 2.37. The highest BCUT2D eigenvalue weighted by Crippen LogP contribution is 2.24. The van der Waals surface area contributed by atoms with Crippen molar-refractivity contribution in [2.75, 3.05) is 27.2 Å². The Morgan fingerprint density at radius 3 is 2.39 bits per heavy atom. The number of ether oxygens (including phenoxy) is 1. The number of carbonyl (C=O) groups is 1. The van der Waals surface area contributed by atoms with Gasteiger partial charge in [0.25, 0.3) is 5.91 Å². The zero-order valence-corrected chi connectivity index (χ0v) is 18.6. The van der Waals surface area contributed by atoms with Crippen LogP contribution in [-0.2, 0) is 23.1 Å². The number of aliphatic hydroxyl groups is 1. The molecule has 1 fully saturated rings. The molecule has 31 heavy (non-hydrogen) atoms. The van der Waals surface area contributed by atoms with Crippen LogP contribution >= 0.6 is 0 Å². The highest BCUT2D eigenvalue weighted by molar-refractivity contribution is 7.89. The number of rotatable bonds is 8. The first kappa shape index (κ1) is 23.2. The molecule has 3 N–H and O–H groups in total. The summed E-state index contributed by atoms with van der Waals surface area (Å²) in [4.78, 5) is 14.8. The molecule has 0 unspecified atom stereocenters. The number of sulfonamides is 1. The molecule has 0 radical (unpaired) electrons. The fraction of sp³-hybridized carbons (Fsp3) is 0.409. The molecule has 8 nitrogen and oxygen atoms in total. The van der Waals surface area contributed by atoms with E-state index in [0.29, 0.717) is 6.54 Å². The van der Waals surface area contributed by atoms with Gasteiger partial charge in [-0.25, -0.2) is 13.1 Å². The predicted molar refractivity (Wildman–Crippen MR) is 117 cm³/mol. The Bertz CT molecular complexity index is 1000. The van der Waals surface area contributed by atoms with Crippen LogP contribution in [0.4, 0.5) is 0 Å². The Balaban J connectivity index is 1.60. The molecule has 1 aliphatic heterocycles. The van der Waals surface area contributed by atoms with Gasteiger partial charge in [0.2, 0.25) is 10.0 Å². The molecule has 0 saturated carbocycles. The highest BCUT2D eigenvalue weighted by atomic mass is 32.2. The van der Waals surface area contributed by atoms with Gasteiger partial charge >= 0.3 is 0 Å². The summed E-state index contributed by atoms with van der Waals surface area (Å²) in [5.74, 6) is -0.198. The highest BCUT2D eigenvalue weighted by Gasteiger charge is 2.20. The van der Waals surface area contributed by atoms with Gasteiger partial charge < -0.3 is 15.2 Å². The monoisotopic (exact) mass is 447 g/mol. The van der Waals surface area contributed by atoms with E-state index in [4.69, 9.17) is 4.74 Å². The Morgan fingerprint density at radius 1 is 1.13 bits per heavy atom. The molecule has 1 saturated heterocycles. The van der Waals surface area contributed by atoms with Crippen LogP contribution < -0.4 is 14.8 Å². The predicted octanol–water partition coefficient (Wildman–Crippen LogP) is 1.49. The summed E-state index contributed by atoms with van der Waals surface area (Å²) in [6, 6.07) is 12.3. The topological polar surface area (TPSA) is 108 Å². The maximum Gasteiger partial charge on any atom is 0.251 e. The Labute approximate surface area is 183 Å². The number of carbonyl (C=O) groups excluding carboxylic acids is 1. The van der Waals surface area contributed by atoms with Crippen molar-refractivity contribution >= 4 is 15.9 Å². The fourth-order valence-electron chi connectivity index (χ4n) is 3.52. The van der Waals surface area contributed by atoms with E-state index in [2.05, 4.69) is 14.9 Å². The molecule has 3 rings (SSSR count). The molecule has 2 aromatic carbocycles. The summed E-state index contributed by atoms with van der Waals surface area (Å²) >= 11 is 0. The SMILES string of the molecule is CNS(=O)(=O)c1cc(C(=O)NCc2ccc(CN3CCC(O)CC3)cc2)ccc1OC. The first-order valence-electron chi connectivity index (χ1n) is 10.2. The van der Waals surface area contributed by atoms with E-state index in [9.17, 15) is 18.3 Å². The van der Waals surface area contributed by atoms with Crippen molar-refractivity contribution in [1.29, 1.82) is 0 Å². The lowest BCUT2D eigenvalue weighted by molar-refractivity contribution is 0.0792. The van der Waals surface area contributed by atoms with Crippen LogP contribution in [-0.4, -0.2) is 57.7 Å². The van der Waals surface area contributed by atoms with Crippen molar-refractivity contribution in [1.82, 2.24) is 14.9 Å². The number of nitrogens with one attached hydrogen (secondary N) is 2. The van der Waals surface area contributed by atoms with E-state index in [1.165, 1.54) is 37.9 Å². The number of amides is 1. The molecule has 0 aromatic heterocycles. The maximum absolute atomic E-state index is 12.5. The molecule has 2 aromatic rings. The third-order valence-electron chi connectivity index (χ3n) is 5.42. The largest absolute Gasteiger partial charge is 0.495 e. The molecule has 1 heterocycles. The second kappa shape index (κ2) is 10.2. The van der Waals surface area contributed by atoms with Gasteiger partial charge in [-0.3, -0.25) is 9.69 Å². The molecule has 0 spiro atoms. The van der Waals surface area contributed by atoms with E-state index in [1.807, 2.05) is 24.3 Å². The summed E-state index contributed by atoms with van der Waals surface area (Å²) in [6.07, 6.45) is 1.45. The van der Waals surface area contributed by atoms with Crippen LogP contribution in [0.1, 0.15) is 34.3 Å². The maximum atomic E-state index is 12.5. The smallest absolute Gasteiger partial charge is 0.251 e. The second-order valence-corrected chi connectivity index (χ2v) is 9.43. The molecule has 0 atom stereocenters. The Kier molecular flexibility index (Phi) is 7.66. The van der Waals surface area contributed by atoms with Gasteiger partial charge in [0.1, 0.15) is 10.6 Å². The third-order valence-corrected chi connectivity index (χ3v) is 6.86. The van der Waals surface area contributed by atoms with Crippen molar-refractivity contribution in [2.24, 2.45) is 0 Å². The number of benzene rings is 2. The molecule has 1 aliphatic rings. The van der Waals surface area contributed by atoms with Crippen LogP contribution in [0.5, 0.6) is 5.75 Å². The lowest BCUT2D eigenvalue weighted by Gasteiger charge is -2.29. The van der Waals surface area contributed by atoms with Crippen molar-refractivity contribution < 1.29 is 23.1 Å². The van der Waals surface area contributed by atoms with Crippen LogP contribution in [0.15, 0.2) is 47.4 Å². The average molecular weight is 448 g/mol. The van der Waals surface area contributed by atoms with Crippen molar-refractivity contribution in [2.45, 2.75) is 36.9 Å². The zero-order valence-electron chi connectivity index (χ0n) is 17.8. The second-order valence-electron chi connectivity index (χ2n) is 7.58. The number of nitrogens with zero attached hydrogens (tertiary/aromatic N) is 1. The van der Waals surface area contributed by atoms with Gasteiger partial charge in [-0.15, -0.1) is 0 Å². The first-order valence-corrected chi connectivity index (χ1v) is 11.7. The van der Waals surface area contributed by atoms with E-state index in [0.717, 1.165) is 38.0 Å². The summed E-state index contributed by atoms with van der Waals surface area (Å²) in [6.45, 7) is 2.96. The van der Waals surface area contributed by atoms with Gasteiger partial charge in [0.05, 0.1) is 13.2 Å². The molecular weight excluding hydrogens is 418 g/mol. The van der Waals surface area contributed by atoms with Gasteiger partial charge in [-0.05, 0) is 49.2 Å². The average Bonchev–Trinajstić information content (AvgIpc) is 2.79. The molecular formula is C22H29N3O5S. The normalized spacial score (nSPS) is 15.6. The molecule has 1 amide bonds. The summed E-state index contributed by atoms with van der Waals surface area (Å²) in [5, 5.41) is 12.4. The molecule has 0 aliphatic carbocycles. The van der Waals surface area contributed by atoms with Crippen molar-refractivity contribution in [3.05, 3.63) is 59.2 Å². The van der Waals surface area contributed by atoms with Gasteiger partial charge in [0.15, 0.2) is 0 Å². The lowest BCUT2D eigenvalue weighted by Crippen LogP contribution is -2.35. The van der Waals surface area contributed by atoms with E-state index < -0.39 is 10.0 Å². The molecule has 9 heteroatoms. The third kappa shape index (κ3) is 6.04. The standard InChI is InChI=1S/C22H29N3O5S/c1-23-31(28,29)21-13-18(7-8-20(21)30-2)22(27)24-14-16-3-5-17(6-4-16)15-25-11-9-19(26)10-12-25/h3-8,13,19,23,26H,9-12,14-15H2,1-2H3,(H,24,27). The van der Waals surface area contributed by atoms with Gasteiger partial charge in [-0.2, -0.15) is 0 Å². The van der Waals surface area contributed by atoms with Crippen LogP contribution in [0.25, 0.3) is 0 Å². The first-order chi connectivity index (χ1) is 14.8. The molecule has 168 valence electrons. The number of methoxy groups -OCH3 is 1. The minimum atomic E-state index is -3.76. The van der Waals surface area contributed by atoms with E-state index in [1.54, 1.807) is 0 Å². The minimum Gasteiger partial charge on any atom is -0.495 e. The Hall–Kier alpha value is -2.46. The van der Waals surface area contributed by atoms with Gasteiger partial charge in [0, 0.05) is 31.7 Å². The van der Waals surface area contributed by atoms with E-state index >= 15 is 0 Å². The zero-order chi connectivity index (χ0) is 22.4. The number of likely N-dealkylation sites (tertiary alicyclic amines) is 1. The molecule has 0 bridgehead atoms. The van der Waals surface area contributed by atoms with Crippen LogP contribution in [0.2, 0.25) is 0 Å². The van der Waals surface area contributed by atoms with Crippen molar-refractivity contribution in [3.63, 3.8) is 0 Å². The summed E-state index contributed by atoms with van der Waals surface area (Å²) in [7, 11) is -1.07. The van der Waals surface area contributed by atoms with E-state index in [-0.39, 0.29) is 28.2 Å². The lowest BCUT2D eigenvalue weighted by atomic mass is 10.1. The number of hydrogen-bond donors (Lipinski definition) is 3.